The quantitative estimate of drug-likeness (QED) is 0.752. The van der Waals surface area contributed by atoms with Crippen molar-refractivity contribution in [1.29, 1.82) is 0 Å². The van der Waals surface area contributed by atoms with Crippen molar-refractivity contribution in [3.8, 4) is 11.1 Å². The van der Waals surface area contributed by atoms with Gasteiger partial charge in [0.2, 0.25) is 0 Å². The van der Waals surface area contributed by atoms with Crippen LogP contribution in [-0.2, 0) is 4.74 Å². The molecule has 0 unspecified atom stereocenters. The van der Waals surface area contributed by atoms with Crippen molar-refractivity contribution in [2.45, 2.75) is 12.1 Å². The fourth-order valence-corrected chi connectivity index (χ4v) is 3.07. The van der Waals surface area contributed by atoms with Crippen molar-refractivity contribution >= 4 is 6.09 Å². The van der Waals surface area contributed by atoms with Crippen LogP contribution in [0.2, 0.25) is 0 Å². The number of alkyl carbamates (subject to hydrolysis) is 1. The van der Waals surface area contributed by atoms with Crippen LogP contribution in [0.15, 0.2) is 67.0 Å². The average molecular weight is 352 g/mol. The highest BCUT2D eigenvalue weighted by Crippen LogP contribution is 2.38. The molecule has 1 aliphatic heterocycles. The number of rotatable bonds is 3. The van der Waals surface area contributed by atoms with Gasteiger partial charge in [-0.05, 0) is 35.4 Å². The summed E-state index contributed by atoms with van der Waals surface area (Å²) >= 11 is 0. The highest BCUT2D eigenvalue weighted by atomic mass is 19.1. The van der Waals surface area contributed by atoms with Crippen molar-refractivity contribution in [1.82, 2.24) is 10.3 Å². The van der Waals surface area contributed by atoms with Crippen molar-refractivity contribution in [3.05, 3.63) is 89.8 Å². The molecule has 2 heterocycles. The van der Waals surface area contributed by atoms with Crippen molar-refractivity contribution < 1.29 is 18.3 Å². The first kappa shape index (κ1) is 16.2. The standard InChI is InChI=1S/C20H14F2N2O2/c21-15-6-7-17(22)16(9-15)19-18(24-20(25)26-19)14-8-13(10-23-11-14)12-4-2-1-3-5-12/h1-11,18-19H,(H,24,25)/t18-,19-/m0/s1. The van der Waals surface area contributed by atoms with Crippen LogP contribution in [0.4, 0.5) is 13.6 Å². The van der Waals surface area contributed by atoms with Gasteiger partial charge in [0, 0.05) is 23.5 Å². The minimum atomic E-state index is -0.981. The molecule has 26 heavy (non-hydrogen) atoms. The monoisotopic (exact) mass is 352 g/mol. The third-order valence-corrected chi connectivity index (χ3v) is 4.30. The van der Waals surface area contributed by atoms with Gasteiger partial charge >= 0.3 is 6.09 Å². The fourth-order valence-electron chi connectivity index (χ4n) is 3.07. The third-order valence-electron chi connectivity index (χ3n) is 4.30. The second kappa shape index (κ2) is 6.55. The normalized spacial score (nSPS) is 19.1. The highest BCUT2D eigenvalue weighted by molar-refractivity contribution is 5.72. The van der Waals surface area contributed by atoms with Gasteiger partial charge in [0.25, 0.3) is 0 Å². The topological polar surface area (TPSA) is 51.2 Å². The minimum Gasteiger partial charge on any atom is -0.439 e. The van der Waals surface area contributed by atoms with E-state index in [0.29, 0.717) is 5.56 Å². The number of ether oxygens (including phenoxy) is 1. The van der Waals surface area contributed by atoms with Gasteiger partial charge in [-0.1, -0.05) is 30.3 Å². The molecule has 4 rings (SSSR count). The molecule has 0 saturated carbocycles. The second-order valence-corrected chi connectivity index (χ2v) is 5.99. The number of hydrogen-bond acceptors (Lipinski definition) is 3. The average Bonchev–Trinajstić information content (AvgIpc) is 3.06. The van der Waals surface area contributed by atoms with E-state index in [2.05, 4.69) is 10.3 Å². The van der Waals surface area contributed by atoms with Gasteiger partial charge in [0.05, 0.1) is 0 Å². The molecule has 1 amide bonds. The number of pyridine rings is 1. The summed E-state index contributed by atoms with van der Waals surface area (Å²) in [5.74, 6) is -1.23. The zero-order chi connectivity index (χ0) is 18.1. The van der Waals surface area contributed by atoms with Gasteiger partial charge < -0.3 is 10.1 Å². The summed E-state index contributed by atoms with van der Waals surface area (Å²) in [6.07, 6.45) is 1.62. The summed E-state index contributed by atoms with van der Waals surface area (Å²) < 4.78 is 33.0. The van der Waals surface area contributed by atoms with Crippen molar-refractivity contribution in [2.75, 3.05) is 0 Å². The maximum absolute atomic E-state index is 14.2. The number of aromatic nitrogens is 1. The Morgan fingerprint density at radius 2 is 1.77 bits per heavy atom. The molecule has 130 valence electrons. The van der Waals surface area contributed by atoms with Crippen molar-refractivity contribution in [3.63, 3.8) is 0 Å². The molecule has 3 aromatic rings. The Hall–Kier alpha value is -3.28. The molecule has 0 spiro atoms. The van der Waals surface area contributed by atoms with E-state index in [-0.39, 0.29) is 5.56 Å². The molecule has 1 aromatic heterocycles. The number of benzene rings is 2. The molecule has 1 N–H and O–H groups in total. The molecule has 1 aliphatic rings. The van der Waals surface area contributed by atoms with Crippen LogP contribution in [0.5, 0.6) is 0 Å². The molecular formula is C20H14F2N2O2. The van der Waals surface area contributed by atoms with E-state index >= 15 is 0 Å². The maximum atomic E-state index is 14.2. The fraction of sp³-hybridized carbons (Fsp3) is 0.100. The Balaban J connectivity index is 1.74. The van der Waals surface area contributed by atoms with E-state index in [1.54, 1.807) is 12.4 Å². The molecule has 0 aliphatic carbocycles. The van der Waals surface area contributed by atoms with E-state index < -0.39 is 29.9 Å². The SMILES string of the molecule is O=C1N[C@@H](c2cncc(-c3ccccc3)c2)[C@H](c2cc(F)ccc2F)O1. The lowest BCUT2D eigenvalue weighted by molar-refractivity contribution is 0.130. The van der Waals surface area contributed by atoms with Crippen LogP contribution in [0, 0.1) is 11.6 Å². The van der Waals surface area contributed by atoms with Gasteiger partial charge in [-0.15, -0.1) is 0 Å². The van der Waals surface area contributed by atoms with Crippen LogP contribution in [0.25, 0.3) is 11.1 Å². The van der Waals surface area contributed by atoms with E-state index in [0.717, 1.165) is 29.3 Å². The minimum absolute atomic E-state index is 0.0153. The summed E-state index contributed by atoms with van der Waals surface area (Å²) in [6.45, 7) is 0. The van der Waals surface area contributed by atoms with E-state index in [1.165, 1.54) is 0 Å². The number of halogens is 2. The van der Waals surface area contributed by atoms with Crippen LogP contribution in [-0.4, -0.2) is 11.1 Å². The summed E-state index contributed by atoms with van der Waals surface area (Å²) in [4.78, 5) is 16.0. The van der Waals surface area contributed by atoms with Gasteiger partial charge in [-0.2, -0.15) is 0 Å². The zero-order valence-corrected chi connectivity index (χ0v) is 13.5. The Labute approximate surface area is 148 Å². The second-order valence-electron chi connectivity index (χ2n) is 5.99. The first-order valence-electron chi connectivity index (χ1n) is 8.04. The Bertz CT molecular complexity index is 963. The van der Waals surface area contributed by atoms with E-state index in [1.807, 2.05) is 36.4 Å². The molecule has 4 nitrogen and oxygen atoms in total. The lowest BCUT2D eigenvalue weighted by atomic mass is 9.95. The number of nitrogens with one attached hydrogen (secondary N) is 1. The molecule has 1 fully saturated rings. The predicted octanol–water partition coefficient (Wildman–Crippen LogP) is 4.55. The van der Waals surface area contributed by atoms with E-state index in [9.17, 15) is 13.6 Å². The smallest absolute Gasteiger partial charge is 0.408 e. The van der Waals surface area contributed by atoms with Crippen LogP contribution < -0.4 is 5.32 Å². The Morgan fingerprint density at radius 3 is 2.58 bits per heavy atom. The molecular weight excluding hydrogens is 338 g/mol. The largest absolute Gasteiger partial charge is 0.439 e. The van der Waals surface area contributed by atoms with Crippen LogP contribution >= 0.6 is 0 Å². The summed E-state index contributed by atoms with van der Waals surface area (Å²) in [5.41, 5.74) is 2.44. The predicted molar refractivity (Wildman–Crippen MR) is 91.1 cm³/mol. The molecule has 6 heteroatoms. The van der Waals surface area contributed by atoms with Gasteiger partial charge in [-0.3, -0.25) is 4.98 Å². The first-order chi connectivity index (χ1) is 12.6. The summed E-state index contributed by atoms with van der Waals surface area (Å²) in [7, 11) is 0. The maximum Gasteiger partial charge on any atom is 0.408 e. The number of hydrogen-bond donors (Lipinski definition) is 1. The highest BCUT2D eigenvalue weighted by Gasteiger charge is 2.38. The van der Waals surface area contributed by atoms with Gasteiger partial charge in [0.15, 0.2) is 6.10 Å². The molecule has 0 radical (unpaired) electrons. The number of nitrogens with zero attached hydrogens (tertiary/aromatic N) is 1. The summed E-state index contributed by atoms with van der Waals surface area (Å²) in [6, 6.07) is 13.9. The number of carbonyl (C=O) groups is 1. The van der Waals surface area contributed by atoms with Crippen LogP contribution in [0.3, 0.4) is 0 Å². The third kappa shape index (κ3) is 3.01. The molecule has 2 atom stereocenters. The lowest BCUT2D eigenvalue weighted by Gasteiger charge is -2.18. The number of amides is 1. The van der Waals surface area contributed by atoms with Crippen LogP contribution in [0.1, 0.15) is 23.3 Å². The Kier molecular flexibility index (Phi) is 4.08. The van der Waals surface area contributed by atoms with Gasteiger partial charge in [-0.25, -0.2) is 13.6 Å². The Morgan fingerprint density at radius 1 is 0.962 bits per heavy atom. The number of carbonyl (C=O) groups excluding carboxylic acids is 1. The molecule has 2 aromatic carbocycles. The zero-order valence-electron chi connectivity index (χ0n) is 13.5. The first-order valence-corrected chi connectivity index (χ1v) is 8.04. The van der Waals surface area contributed by atoms with Crippen molar-refractivity contribution in [2.24, 2.45) is 0 Å². The van der Waals surface area contributed by atoms with E-state index in [4.69, 9.17) is 4.74 Å². The molecule has 1 saturated heterocycles. The van der Waals surface area contributed by atoms with Gasteiger partial charge in [0.1, 0.15) is 17.7 Å². The summed E-state index contributed by atoms with van der Waals surface area (Å²) in [5, 5.41) is 2.65. The lowest BCUT2D eigenvalue weighted by Crippen LogP contribution is -2.20. The number of cyclic esters (lactones) is 1. The molecule has 0 bridgehead atoms.